The van der Waals surface area contributed by atoms with Gasteiger partial charge in [0.25, 0.3) is 0 Å². The quantitative estimate of drug-likeness (QED) is 0.548. The van der Waals surface area contributed by atoms with Crippen LogP contribution in [0.4, 0.5) is 4.39 Å². The third-order valence-electron chi connectivity index (χ3n) is 5.37. The van der Waals surface area contributed by atoms with Crippen LogP contribution in [0.3, 0.4) is 0 Å². The van der Waals surface area contributed by atoms with E-state index in [1.807, 2.05) is 24.5 Å². The van der Waals surface area contributed by atoms with E-state index in [0.717, 1.165) is 29.8 Å². The molecule has 152 valence electrons. The van der Waals surface area contributed by atoms with Gasteiger partial charge in [0.05, 0.1) is 5.56 Å². The Labute approximate surface area is 171 Å². The van der Waals surface area contributed by atoms with Crippen molar-refractivity contribution in [3.8, 4) is 0 Å². The zero-order chi connectivity index (χ0) is 21.0. The number of aromatic carboxylic acids is 1. The Balaban J connectivity index is 1.75. The maximum absolute atomic E-state index is 13.5. The van der Waals surface area contributed by atoms with Crippen molar-refractivity contribution in [3.63, 3.8) is 0 Å². The maximum Gasteiger partial charge on any atom is 0.337 e. The van der Waals surface area contributed by atoms with E-state index < -0.39 is 5.97 Å². The van der Waals surface area contributed by atoms with Gasteiger partial charge >= 0.3 is 5.97 Å². The Kier molecular flexibility index (Phi) is 6.49. The van der Waals surface area contributed by atoms with Crippen LogP contribution < -0.4 is 5.32 Å². The van der Waals surface area contributed by atoms with Crippen molar-refractivity contribution in [3.05, 3.63) is 93.6 Å². The van der Waals surface area contributed by atoms with E-state index >= 15 is 0 Å². The van der Waals surface area contributed by atoms with Crippen LogP contribution >= 0.6 is 0 Å². The predicted octanol–water partition coefficient (Wildman–Crippen LogP) is 4.63. The van der Waals surface area contributed by atoms with Crippen molar-refractivity contribution in [2.45, 2.75) is 40.3 Å². The van der Waals surface area contributed by atoms with Gasteiger partial charge in [-0.15, -0.1) is 0 Å². The molecule has 3 rings (SSSR count). The second-order valence-electron chi connectivity index (χ2n) is 7.46. The Morgan fingerprint density at radius 2 is 1.76 bits per heavy atom. The molecule has 0 bridgehead atoms. The lowest BCUT2D eigenvalue weighted by atomic mass is 10.1. The molecule has 0 aliphatic rings. The minimum atomic E-state index is -0.932. The summed E-state index contributed by atoms with van der Waals surface area (Å²) in [4.78, 5) is 11.9. The van der Waals surface area contributed by atoms with E-state index in [0.29, 0.717) is 24.3 Å². The Morgan fingerprint density at radius 3 is 2.41 bits per heavy atom. The van der Waals surface area contributed by atoms with Gasteiger partial charge in [-0.3, -0.25) is 0 Å². The first-order valence-corrected chi connectivity index (χ1v) is 9.79. The zero-order valence-corrected chi connectivity index (χ0v) is 17.1. The predicted molar refractivity (Wildman–Crippen MR) is 113 cm³/mol. The highest BCUT2D eigenvalue weighted by Gasteiger charge is 2.22. The number of hydrogen-bond acceptors (Lipinski definition) is 2. The number of aryl methyl sites for hydroxylation is 1. The lowest BCUT2D eigenvalue weighted by molar-refractivity contribution is 0.0694. The van der Waals surface area contributed by atoms with Gasteiger partial charge in [0.1, 0.15) is 5.82 Å². The maximum atomic E-state index is 13.5. The fourth-order valence-electron chi connectivity index (χ4n) is 3.70. The van der Waals surface area contributed by atoms with Crippen molar-refractivity contribution in [2.75, 3.05) is 6.54 Å². The molecule has 5 heteroatoms. The van der Waals surface area contributed by atoms with Crippen molar-refractivity contribution in [1.29, 1.82) is 0 Å². The van der Waals surface area contributed by atoms with Crippen molar-refractivity contribution < 1.29 is 14.3 Å². The average molecular weight is 394 g/mol. The number of halogens is 1. The summed E-state index contributed by atoms with van der Waals surface area (Å²) in [5.41, 5.74) is 6.00. The highest BCUT2D eigenvalue weighted by atomic mass is 19.1. The van der Waals surface area contributed by atoms with Crippen LogP contribution in [0.1, 0.15) is 44.0 Å². The molecule has 29 heavy (non-hydrogen) atoms. The van der Waals surface area contributed by atoms with E-state index in [1.54, 1.807) is 6.07 Å². The topological polar surface area (TPSA) is 54.3 Å². The van der Waals surface area contributed by atoms with E-state index in [4.69, 9.17) is 0 Å². The van der Waals surface area contributed by atoms with Gasteiger partial charge in [-0.05, 0) is 57.0 Å². The molecule has 0 radical (unpaired) electrons. The largest absolute Gasteiger partial charge is 0.478 e. The third kappa shape index (κ3) is 4.93. The van der Waals surface area contributed by atoms with Crippen molar-refractivity contribution in [2.24, 2.45) is 0 Å². The van der Waals surface area contributed by atoms with Gasteiger partial charge in [0.15, 0.2) is 0 Å². The molecule has 0 spiro atoms. The number of aromatic nitrogens is 1. The molecule has 3 aromatic rings. The summed E-state index contributed by atoms with van der Waals surface area (Å²) in [5, 5.41) is 13.1. The first-order valence-electron chi connectivity index (χ1n) is 9.79. The number of nitrogens with zero attached hydrogens (tertiary/aromatic N) is 1. The number of rotatable bonds is 8. The smallest absolute Gasteiger partial charge is 0.337 e. The summed E-state index contributed by atoms with van der Waals surface area (Å²) in [5.74, 6) is -1.22. The fourth-order valence-corrected chi connectivity index (χ4v) is 3.70. The molecule has 0 aliphatic carbocycles. The second-order valence-corrected chi connectivity index (χ2v) is 7.46. The van der Waals surface area contributed by atoms with Crippen LogP contribution in [0.25, 0.3) is 0 Å². The minimum Gasteiger partial charge on any atom is -0.478 e. The highest BCUT2D eigenvalue weighted by molar-refractivity contribution is 5.91. The number of hydrogen-bond donors (Lipinski definition) is 2. The summed E-state index contributed by atoms with van der Waals surface area (Å²) < 4.78 is 15.5. The van der Waals surface area contributed by atoms with Gasteiger partial charge in [-0.25, -0.2) is 9.18 Å². The Morgan fingerprint density at radius 1 is 1.03 bits per heavy atom. The van der Waals surface area contributed by atoms with E-state index in [2.05, 4.69) is 36.5 Å². The molecule has 0 unspecified atom stereocenters. The van der Waals surface area contributed by atoms with E-state index in [-0.39, 0.29) is 5.82 Å². The molecule has 0 fully saturated rings. The lowest BCUT2D eigenvalue weighted by Gasteiger charge is -2.10. The molecular weight excluding hydrogens is 367 g/mol. The van der Waals surface area contributed by atoms with Gasteiger partial charge in [0, 0.05) is 30.0 Å². The Hall–Kier alpha value is -2.92. The molecule has 0 saturated heterocycles. The van der Waals surface area contributed by atoms with Crippen molar-refractivity contribution >= 4 is 5.97 Å². The standard InChI is InChI=1S/C24H27FN2O2/c1-16-7-9-19(10-8-16)11-12-26-14-22-17(2)27(18(3)23(22)24(28)29)15-20-5-4-6-21(25)13-20/h4-10,13,26H,11-12,14-15H2,1-3H3,(H,28,29). The minimum absolute atomic E-state index is 0.290. The fraction of sp³-hybridized carbons (Fsp3) is 0.292. The van der Waals surface area contributed by atoms with Gasteiger partial charge in [-0.1, -0.05) is 42.0 Å². The van der Waals surface area contributed by atoms with E-state index in [9.17, 15) is 14.3 Å². The van der Waals surface area contributed by atoms with Crippen LogP contribution in [0.5, 0.6) is 0 Å². The van der Waals surface area contributed by atoms with Crippen LogP contribution in [-0.4, -0.2) is 22.2 Å². The second kappa shape index (κ2) is 9.05. The average Bonchev–Trinajstić information content (AvgIpc) is 2.91. The van der Waals surface area contributed by atoms with Crippen LogP contribution in [0.15, 0.2) is 48.5 Å². The molecular formula is C24H27FN2O2. The molecule has 2 N–H and O–H groups in total. The van der Waals surface area contributed by atoms with Gasteiger partial charge < -0.3 is 15.0 Å². The highest BCUT2D eigenvalue weighted by Crippen LogP contribution is 2.24. The summed E-state index contributed by atoms with van der Waals surface area (Å²) in [6.45, 7) is 7.49. The first-order chi connectivity index (χ1) is 13.9. The van der Waals surface area contributed by atoms with Crippen LogP contribution in [0, 0.1) is 26.6 Å². The molecule has 4 nitrogen and oxygen atoms in total. The third-order valence-corrected chi connectivity index (χ3v) is 5.37. The molecule has 1 heterocycles. The summed E-state index contributed by atoms with van der Waals surface area (Å²) in [7, 11) is 0. The normalized spacial score (nSPS) is 11.0. The molecule has 0 atom stereocenters. The van der Waals surface area contributed by atoms with Crippen LogP contribution in [0.2, 0.25) is 0 Å². The molecule has 0 amide bonds. The number of nitrogens with one attached hydrogen (secondary N) is 1. The number of benzene rings is 2. The van der Waals surface area contributed by atoms with Gasteiger partial charge in [-0.2, -0.15) is 0 Å². The SMILES string of the molecule is Cc1ccc(CCNCc2c(C(=O)O)c(C)n(Cc3cccc(F)c3)c2C)cc1. The molecule has 0 saturated carbocycles. The first kappa shape index (κ1) is 20.8. The van der Waals surface area contributed by atoms with Crippen molar-refractivity contribution in [1.82, 2.24) is 9.88 Å². The molecule has 1 aromatic heterocycles. The Bertz CT molecular complexity index is 1010. The van der Waals surface area contributed by atoms with Crippen LogP contribution in [-0.2, 0) is 19.5 Å². The molecule has 2 aromatic carbocycles. The summed E-state index contributed by atoms with van der Waals surface area (Å²) in [6, 6.07) is 14.8. The number of carbonyl (C=O) groups is 1. The lowest BCUT2D eigenvalue weighted by Crippen LogP contribution is -2.18. The summed E-state index contributed by atoms with van der Waals surface area (Å²) in [6.07, 6.45) is 0.880. The molecule has 0 aliphatic heterocycles. The van der Waals surface area contributed by atoms with E-state index in [1.165, 1.54) is 23.3 Å². The number of carboxylic acids is 1. The van der Waals surface area contributed by atoms with Gasteiger partial charge in [0.2, 0.25) is 0 Å². The monoisotopic (exact) mass is 394 g/mol. The summed E-state index contributed by atoms with van der Waals surface area (Å²) >= 11 is 0. The number of carboxylic acid groups (broad SMARTS) is 1. The zero-order valence-electron chi connectivity index (χ0n) is 17.1.